The Hall–Kier alpha value is -1.63. The summed E-state index contributed by atoms with van der Waals surface area (Å²) in [7, 11) is 0. The quantitative estimate of drug-likeness (QED) is 0.737. The molecule has 4 N–H and O–H groups in total. The second-order valence-electron chi connectivity index (χ2n) is 5.95. The number of nitrogens with one attached hydrogen (secondary N) is 1. The lowest BCUT2D eigenvalue weighted by molar-refractivity contribution is -0.140. The molecular formula is C18H28ClN3O3. The van der Waals surface area contributed by atoms with Gasteiger partial charge in [0.25, 0.3) is 0 Å². The molecule has 2 amide bonds. The summed E-state index contributed by atoms with van der Waals surface area (Å²) in [5.41, 5.74) is 7.45. The lowest BCUT2D eigenvalue weighted by Crippen LogP contribution is -2.46. The van der Waals surface area contributed by atoms with E-state index in [1.165, 1.54) is 11.3 Å². The molecular weight excluding hydrogens is 342 g/mol. The Morgan fingerprint density at radius 2 is 2.04 bits per heavy atom. The van der Waals surface area contributed by atoms with Crippen molar-refractivity contribution in [2.75, 3.05) is 13.2 Å². The second-order valence-corrected chi connectivity index (χ2v) is 6.38. The monoisotopic (exact) mass is 369 g/mol. The Bertz CT molecular complexity index is 581. The third kappa shape index (κ3) is 6.30. The van der Waals surface area contributed by atoms with Crippen LogP contribution in [0.1, 0.15) is 44.2 Å². The second kappa shape index (κ2) is 11.1. The number of benzene rings is 1. The number of likely N-dealkylation sites (tertiary alicyclic amines) is 1. The molecule has 2 rings (SSSR count). The van der Waals surface area contributed by atoms with E-state index in [0.29, 0.717) is 31.1 Å². The standard InChI is InChI=1S/C15H20ClN3O3.C3H8/c16-12-4-3-10(7-17)11(6-12)8-18-15(22)13-2-1-5-19(13)14(21)9-20;1-3-2/h3-4,6,13,20H,1-2,5,7-9,17H2,(H,18,22);3H2,1-2H3. The van der Waals surface area contributed by atoms with Crippen molar-refractivity contribution in [2.45, 2.75) is 52.2 Å². The summed E-state index contributed by atoms with van der Waals surface area (Å²) in [4.78, 5) is 25.3. The molecule has 0 aromatic heterocycles. The van der Waals surface area contributed by atoms with E-state index in [1.54, 1.807) is 12.1 Å². The molecule has 1 aromatic carbocycles. The number of aliphatic hydroxyl groups excluding tert-OH is 1. The van der Waals surface area contributed by atoms with Gasteiger partial charge in [-0.1, -0.05) is 37.9 Å². The highest BCUT2D eigenvalue weighted by Gasteiger charge is 2.33. The van der Waals surface area contributed by atoms with Gasteiger partial charge in [-0.25, -0.2) is 0 Å². The highest BCUT2D eigenvalue weighted by Crippen LogP contribution is 2.19. The summed E-state index contributed by atoms with van der Waals surface area (Å²) >= 11 is 5.97. The van der Waals surface area contributed by atoms with Crippen LogP contribution in [0.5, 0.6) is 0 Å². The van der Waals surface area contributed by atoms with E-state index < -0.39 is 18.6 Å². The minimum absolute atomic E-state index is 0.220. The summed E-state index contributed by atoms with van der Waals surface area (Å²) < 4.78 is 0. The molecule has 6 nitrogen and oxygen atoms in total. The minimum Gasteiger partial charge on any atom is -0.387 e. The number of aliphatic hydroxyl groups is 1. The molecule has 1 aliphatic heterocycles. The molecule has 1 aromatic rings. The maximum Gasteiger partial charge on any atom is 0.248 e. The van der Waals surface area contributed by atoms with Crippen LogP contribution in [0, 0.1) is 0 Å². The van der Waals surface area contributed by atoms with Crippen LogP contribution in [0.25, 0.3) is 0 Å². The molecule has 140 valence electrons. The van der Waals surface area contributed by atoms with Gasteiger partial charge < -0.3 is 21.1 Å². The average Bonchev–Trinajstić information content (AvgIpc) is 3.09. The molecule has 0 bridgehead atoms. The van der Waals surface area contributed by atoms with Crippen molar-refractivity contribution in [2.24, 2.45) is 5.73 Å². The van der Waals surface area contributed by atoms with Crippen LogP contribution in [-0.4, -0.2) is 41.0 Å². The van der Waals surface area contributed by atoms with Gasteiger partial charge in [0.05, 0.1) is 0 Å². The molecule has 1 unspecified atom stereocenters. The third-order valence-corrected chi connectivity index (χ3v) is 4.09. The molecule has 25 heavy (non-hydrogen) atoms. The third-order valence-electron chi connectivity index (χ3n) is 3.85. The fourth-order valence-electron chi connectivity index (χ4n) is 2.69. The average molecular weight is 370 g/mol. The van der Waals surface area contributed by atoms with Crippen LogP contribution < -0.4 is 11.1 Å². The fraction of sp³-hybridized carbons (Fsp3) is 0.556. The SMILES string of the molecule is CCC.NCc1ccc(Cl)cc1CNC(=O)C1CCCN1C(=O)CO. The van der Waals surface area contributed by atoms with E-state index in [2.05, 4.69) is 19.2 Å². The Labute approximate surface area is 154 Å². The number of carbonyl (C=O) groups excluding carboxylic acids is 2. The minimum atomic E-state index is -0.574. The normalized spacial score (nSPS) is 16.2. The summed E-state index contributed by atoms with van der Waals surface area (Å²) in [6, 6.07) is 4.85. The van der Waals surface area contributed by atoms with Gasteiger partial charge in [-0.05, 0) is 36.1 Å². The van der Waals surface area contributed by atoms with E-state index in [4.69, 9.17) is 22.4 Å². The van der Waals surface area contributed by atoms with Crippen molar-refractivity contribution in [1.29, 1.82) is 0 Å². The lowest BCUT2D eigenvalue weighted by Gasteiger charge is -2.23. The van der Waals surface area contributed by atoms with Gasteiger partial charge in [0.15, 0.2) is 0 Å². The van der Waals surface area contributed by atoms with Crippen LogP contribution in [0.4, 0.5) is 0 Å². The fourth-order valence-corrected chi connectivity index (χ4v) is 2.88. The zero-order valence-corrected chi connectivity index (χ0v) is 15.7. The van der Waals surface area contributed by atoms with Crippen molar-refractivity contribution >= 4 is 23.4 Å². The predicted molar refractivity (Wildman–Crippen MR) is 99.0 cm³/mol. The smallest absolute Gasteiger partial charge is 0.248 e. The molecule has 0 aliphatic carbocycles. The first-order valence-electron chi connectivity index (χ1n) is 8.63. The highest BCUT2D eigenvalue weighted by atomic mass is 35.5. The molecule has 1 saturated heterocycles. The molecule has 7 heteroatoms. The summed E-state index contributed by atoms with van der Waals surface area (Å²) in [6.45, 7) is 4.85. The number of halogens is 1. The van der Waals surface area contributed by atoms with Gasteiger partial charge in [-0.2, -0.15) is 0 Å². The van der Waals surface area contributed by atoms with Crippen molar-refractivity contribution in [3.8, 4) is 0 Å². The summed E-state index contributed by atoms with van der Waals surface area (Å²) in [5.74, 6) is -0.634. The summed E-state index contributed by atoms with van der Waals surface area (Å²) in [5, 5.41) is 12.4. The van der Waals surface area contributed by atoms with E-state index in [9.17, 15) is 9.59 Å². The molecule has 0 radical (unpaired) electrons. The highest BCUT2D eigenvalue weighted by molar-refractivity contribution is 6.30. The Balaban J connectivity index is 0.000000970. The number of carbonyl (C=O) groups is 2. The first-order valence-corrected chi connectivity index (χ1v) is 9.01. The first kappa shape index (κ1) is 21.4. The van der Waals surface area contributed by atoms with Crippen LogP contribution in [-0.2, 0) is 22.7 Å². The number of amides is 2. The van der Waals surface area contributed by atoms with Gasteiger partial charge in [0.2, 0.25) is 11.8 Å². The van der Waals surface area contributed by atoms with Gasteiger partial charge in [-0.3, -0.25) is 9.59 Å². The van der Waals surface area contributed by atoms with Crippen molar-refractivity contribution < 1.29 is 14.7 Å². The Kier molecular flexibility index (Phi) is 9.49. The first-order chi connectivity index (χ1) is 12.0. The van der Waals surface area contributed by atoms with Crippen LogP contribution in [0.15, 0.2) is 18.2 Å². The van der Waals surface area contributed by atoms with Gasteiger partial charge in [-0.15, -0.1) is 0 Å². The number of hydrogen-bond donors (Lipinski definition) is 3. The van der Waals surface area contributed by atoms with Crippen molar-refractivity contribution in [3.05, 3.63) is 34.3 Å². The zero-order valence-electron chi connectivity index (χ0n) is 14.9. The number of nitrogens with two attached hydrogens (primary N) is 1. The van der Waals surface area contributed by atoms with Gasteiger partial charge in [0, 0.05) is 24.7 Å². The van der Waals surface area contributed by atoms with Crippen LogP contribution in [0.3, 0.4) is 0 Å². The number of hydrogen-bond acceptors (Lipinski definition) is 4. The molecule has 1 heterocycles. The van der Waals surface area contributed by atoms with Crippen molar-refractivity contribution in [1.82, 2.24) is 10.2 Å². The number of rotatable bonds is 5. The molecule has 1 aliphatic rings. The molecule has 0 spiro atoms. The van der Waals surface area contributed by atoms with Gasteiger partial charge in [0.1, 0.15) is 12.6 Å². The summed E-state index contributed by atoms with van der Waals surface area (Å²) in [6.07, 6.45) is 2.62. The Morgan fingerprint density at radius 3 is 2.64 bits per heavy atom. The van der Waals surface area contributed by atoms with Crippen LogP contribution in [0.2, 0.25) is 5.02 Å². The van der Waals surface area contributed by atoms with Crippen LogP contribution >= 0.6 is 11.6 Å². The molecule has 1 atom stereocenters. The van der Waals surface area contributed by atoms with E-state index in [-0.39, 0.29) is 5.91 Å². The molecule has 1 fully saturated rings. The predicted octanol–water partition coefficient (Wildman–Crippen LogP) is 1.81. The topological polar surface area (TPSA) is 95.7 Å². The van der Waals surface area contributed by atoms with E-state index >= 15 is 0 Å². The maximum atomic E-state index is 12.3. The van der Waals surface area contributed by atoms with Gasteiger partial charge >= 0.3 is 0 Å². The van der Waals surface area contributed by atoms with E-state index in [1.807, 2.05) is 6.07 Å². The zero-order chi connectivity index (χ0) is 18.8. The largest absolute Gasteiger partial charge is 0.387 e. The number of nitrogens with zero attached hydrogens (tertiary/aromatic N) is 1. The van der Waals surface area contributed by atoms with E-state index in [0.717, 1.165) is 17.5 Å². The Morgan fingerprint density at radius 1 is 1.36 bits per heavy atom. The maximum absolute atomic E-state index is 12.3. The lowest BCUT2D eigenvalue weighted by atomic mass is 10.1. The molecule has 0 saturated carbocycles. The van der Waals surface area contributed by atoms with Crippen molar-refractivity contribution in [3.63, 3.8) is 0 Å².